The van der Waals surface area contributed by atoms with E-state index >= 15 is 0 Å². The predicted molar refractivity (Wildman–Crippen MR) is 115 cm³/mol. The minimum absolute atomic E-state index is 0.0863. The Labute approximate surface area is 165 Å². The fourth-order valence-corrected chi connectivity index (χ4v) is 4.44. The molecular weight excluding hydrogens is 344 g/mol. The van der Waals surface area contributed by atoms with E-state index in [-0.39, 0.29) is 5.78 Å². The Bertz CT molecular complexity index is 1170. The van der Waals surface area contributed by atoms with Crippen LogP contribution in [0.5, 0.6) is 0 Å². The number of hydrogen-bond acceptors (Lipinski definition) is 2. The van der Waals surface area contributed by atoms with Crippen molar-refractivity contribution in [3.05, 3.63) is 83.6 Å². The summed E-state index contributed by atoms with van der Waals surface area (Å²) < 4.78 is 0. The number of carbonyl (C=O) groups excluding carboxylic acids is 1. The van der Waals surface area contributed by atoms with Crippen molar-refractivity contribution in [2.24, 2.45) is 0 Å². The van der Waals surface area contributed by atoms with E-state index in [0.717, 1.165) is 40.5 Å². The average molecular weight is 368 g/mol. The van der Waals surface area contributed by atoms with Gasteiger partial charge in [-0.15, -0.1) is 0 Å². The molecule has 0 spiro atoms. The van der Waals surface area contributed by atoms with Crippen LogP contribution < -0.4 is 0 Å². The Balaban J connectivity index is 1.51. The molecule has 0 amide bonds. The summed E-state index contributed by atoms with van der Waals surface area (Å²) in [6.07, 6.45) is 4.49. The predicted octanol–water partition coefficient (Wildman–Crippen LogP) is 5.36. The van der Waals surface area contributed by atoms with Gasteiger partial charge in [-0.1, -0.05) is 36.4 Å². The average Bonchev–Trinajstić information content (AvgIpc) is 3.16. The Morgan fingerprint density at radius 1 is 0.929 bits per heavy atom. The fraction of sp³-hybridized carbons (Fsp3) is 0.240. The second-order valence-electron chi connectivity index (χ2n) is 7.97. The van der Waals surface area contributed by atoms with Gasteiger partial charge in [0.15, 0.2) is 5.78 Å². The molecule has 1 aromatic heterocycles. The van der Waals surface area contributed by atoms with E-state index in [2.05, 4.69) is 41.3 Å². The topological polar surface area (TPSA) is 36.1 Å². The number of ketones is 1. The van der Waals surface area contributed by atoms with Gasteiger partial charge >= 0.3 is 0 Å². The number of likely N-dealkylation sites (tertiary alicyclic amines) is 1. The lowest BCUT2D eigenvalue weighted by molar-refractivity contribution is 0.103. The van der Waals surface area contributed by atoms with Gasteiger partial charge in [-0.25, -0.2) is 0 Å². The molecule has 2 heterocycles. The lowest BCUT2D eigenvalue weighted by atomic mass is 9.88. The van der Waals surface area contributed by atoms with E-state index < -0.39 is 0 Å². The zero-order valence-electron chi connectivity index (χ0n) is 16.1. The van der Waals surface area contributed by atoms with Crippen LogP contribution in [0.25, 0.3) is 21.7 Å². The summed E-state index contributed by atoms with van der Waals surface area (Å²) in [5.41, 5.74) is 3.98. The van der Waals surface area contributed by atoms with Gasteiger partial charge in [0.2, 0.25) is 0 Å². The number of piperidine rings is 1. The third-order valence-electron chi connectivity index (χ3n) is 6.15. The number of hydrogen-bond donors (Lipinski definition) is 1. The zero-order chi connectivity index (χ0) is 19.1. The highest BCUT2D eigenvalue weighted by atomic mass is 16.1. The molecule has 3 nitrogen and oxygen atoms in total. The van der Waals surface area contributed by atoms with Crippen LogP contribution in [-0.4, -0.2) is 35.8 Å². The van der Waals surface area contributed by atoms with E-state index in [0.29, 0.717) is 5.92 Å². The number of benzene rings is 3. The van der Waals surface area contributed by atoms with Gasteiger partial charge in [-0.2, -0.15) is 0 Å². The normalized spacial score (nSPS) is 16.0. The van der Waals surface area contributed by atoms with Crippen molar-refractivity contribution in [3.63, 3.8) is 0 Å². The number of nitrogens with one attached hydrogen (secondary N) is 1. The second kappa shape index (κ2) is 6.92. The Morgan fingerprint density at radius 2 is 1.64 bits per heavy atom. The first-order valence-corrected chi connectivity index (χ1v) is 10.0. The molecule has 0 radical (unpaired) electrons. The smallest absolute Gasteiger partial charge is 0.193 e. The Kier molecular flexibility index (Phi) is 4.25. The van der Waals surface area contributed by atoms with Gasteiger partial charge in [-0.05, 0) is 79.5 Å². The summed E-state index contributed by atoms with van der Waals surface area (Å²) in [6, 6.07) is 20.2. The van der Waals surface area contributed by atoms with Gasteiger partial charge in [0.1, 0.15) is 0 Å². The van der Waals surface area contributed by atoms with Gasteiger partial charge in [0.05, 0.1) is 0 Å². The van der Waals surface area contributed by atoms with Crippen LogP contribution in [0.2, 0.25) is 0 Å². The lowest BCUT2D eigenvalue weighted by Crippen LogP contribution is -2.29. The molecule has 3 aromatic carbocycles. The third-order valence-corrected chi connectivity index (χ3v) is 6.15. The van der Waals surface area contributed by atoms with Crippen LogP contribution in [-0.2, 0) is 0 Å². The molecule has 4 aromatic rings. The number of aromatic amines is 1. The standard InChI is InChI=1S/C25H24N2O/c1-27-12-10-18(11-13-27)23-16-26-24-9-8-21(15-22(23)24)25(28)20-7-6-17-4-2-3-5-19(17)14-20/h2-9,14-16,18,26H,10-13H2,1H3. The van der Waals surface area contributed by atoms with Gasteiger partial charge in [0, 0.05) is 28.2 Å². The van der Waals surface area contributed by atoms with Crippen LogP contribution in [0.3, 0.4) is 0 Å². The fourth-order valence-electron chi connectivity index (χ4n) is 4.44. The van der Waals surface area contributed by atoms with Crippen LogP contribution in [0, 0.1) is 0 Å². The maximum atomic E-state index is 13.2. The number of fused-ring (bicyclic) bond motifs is 2. The number of carbonyl (C=O) groups is 1. The summed E-state index contributed by atoms with van der Waals surface area (Å²) in [7, 11) is 2.19. The minimum Gasteiger partial charge on any atom is -0.361 e. The maximum absolute atomic E-state index is 13.2. The lowest BCUT2D eigenvalue weighted by Gasteiger charge is -2.28. The monoisotopic (exact) mass is 368 g/mol. The first-order chi connectivity index (χ1) is 13.7. The van der Waals surface area contributed by atoms with Crippen LogP contribution in [0.4, 0.5) is 0 Å². The van der Waals surface area contributed by atoms with Crippen molar-refractivity contribution < 1.29 is 4.79 Å². The summed E-state index contributed by atoms with van der Waals surface area (Å²) in [4.78, 5) is 19.0. The molecule has 0 bridgehead atoms. The number of aromatic nitrogens is 1. The number of rotatable bonds is 3. The molecule has 28 heavy (non-hydrogen) atoms. The molecule has 1 N–H and O–H groups in total. The van der Waals surface area contributed by atoms with Gasteiger partial charge in [-0.3, -0.25) is 4.79 Å². The molecule has 5 rings (SSSR count). The van der Waals surface area contributed by atoms with Crippen molar-refractivity contribution in [3.8, 4) is 0 Å². The highest BCUT2D eigenvalue weighted by molar-refractivity contribution is 6.12. The molecule has 0 atom stereocenters. The highest BCUT2D eigenvalue weighted by Gasteiger charge is 2.21. The van der Waals surface area contributed by atoms with Crippen LogP contribution in [0.15, 0.2) is 66.9 Å². The van der Waals surface area contributed by atoms with E-state index in [4.69, 9.17) is 0 Å². The summed E-state index contributed by atoms with van der Waals surface area (Å²) in [5.74, 6) is 0.652. The molecule has 1 saturated heterocycles. The van der Waals surface area contributed by atoms with Crippen molar-refractivity contribution in [2.75, 3.05) is 20.1 Å². The summed E-state index contributed by atoms with van der Waals surface area (Å²) in [6.45, 7) is 2.26. The third kappa shape index (κ3) is 3.02. The molecule has 1 aliphatic heterocycles. The van der Waals surface area contributed by atoms with Crippen molar-refractivity contribution in [1.29, 1.82) is 0 Å². The Morgan fingerprint density at radius 3 is 2.46 bits per heavy atom. The Hall–Kier alpha value is -2.91. The highest BCUT2D eigenvalue weighted by Crippen LogP contribution is 2.33. The molecular formula is C25H24N2O. The first-order valence-electron chi connectivity index (χ1n) is 10.0. The zero-order valence-corrected chi connectivity index (χ0v) is 16.1. The molecule has 3 heteroatoms. The van der Waals surface area contributed by atoms with Crippen molar-refractivity contribution >= 4 is 27.5 Å². The molecule has 0 saturated carbocycles. The molecule has 1 aliphatic rings. The molecule has 140 valence electrons. The summed E-state index contributed by atoms with van der Waals surface area (Å²) in [5, 5.41) is 3.45. The number of H-pyrrole nitrogens is 1. The largest absolute Gasteiger partial charge is 0.361 e. The number of nitrogens with zero attached hydrogens (tertiary/aromatic N) is 1. The van der Waals surface area contributed by atoms with E-state index in [1.807, 2.05) is 42.5 Å². The minimum atomic E-state index is 0.0863. The molecule has 0 unspecified atom stereocenters. The van der Waals surface area contributed by atoms with Crippen LogP contribution in [0.1, 0.15) is 40.2 Å². The molecule has 0 aliphatic carbocycles. The van der Waals surface area contributed by atoms with E-state index in [1.165, 1.54) is 23.8 Å². The van der Waals surface area contributed by atoms with Crippen molar-refractivity contribution in [1.82, 2.24) is 9.88 Å². The SMILES string of the molecule is CN1CCC(c2c[nH]c3ccc(C(=O)c4ccc5ccccc5c4)cc23)CC1. The van der Waals surface area contributed by atoms with Gasteiger partial charge in [0.25, 0.3) is 0 Å². The maximum Gasteiger partial charge on any atom is 0.193 e. The van der Waals surface area contributed by atoms with Crippen LogP contribution >= 0.6 is 0 Å². The van der Waals surface area contributed by atoms with E-state index in [9.17, 15) is 4.79 Å². The summed E-state index contributed by atoms with van der Waals surface area (Å²) >= 11 is 0. The first kappa shape index (κ1) is 17.2. The van der Waals surface area contributed by atoms with Crippen molar-refractivity contribution in [2.45, 2.75) is 18.8 Å². The molecule has 1 fully saturated rings. The van der Waals surface area contributed by atoms with E-state index in [1.54, 1.807) is 0 Å². The second-order valence-corrected chi connectivity index (χ2v) is 7.97. The quantitative estimate of drug-likeness (QED) is 0.494. The van der Waals surface area contributed by atoms with Gasteiger partial charge < -0.3 is 9.88 Å².